The lowest BCUT2D eigenvalue weighted by atomic mass is 9.95. The number of allylic oxidation sites excluding steroid dienone is 1. The van der Waals surface area contributed by atoms with Crippen LogP contribution in [0.5, 0.6) is 0 Å². The molecule has 2 aromatic rings. The minimum Gasteiger partial charge on any atom is -0.462 e. The number of urea groups is 1. The molecule has 2 amide bonds. The summed E-state index contributed by atoms with van der Waals surface area (Å²) in [4.78, 5) is 27.0. The number of benzene rings is 2. The summed E-state index contributed by atoms with van der Waals surface area (Å²) < 4.78 is 6.31. The van der Waals surface area contributed by atoms with Gasteiger partial charge in [-0.25, -0.2) is 9.59 Å². The van der Waals surface area contributed by atoms with E-state index in [9.17, 15) is 9.59 Å². The van der Waals surface area contributed by atoms with Gasteiger partial charge in [-0.2, -0.15) is 0 Å². The molecule has 174 valence electrons. The number of thiocarbonyl (C=S) groups is 1. The van der Waals surface area contributed by atoms with Crippen LogP contribution in [-0.2, 0) is 9.53 Å². The van der Waals surface area contributed by atoms with Crippen LogP contribution in [0, 0.1) is 5.92 Å². The van der Waals surface area contributed by atoms with Crippen molar-refractivity contribution in [2.75, 3.05) is 24.3 Å². The molecule has 0 saturated carbocycles. The number of nitrogens with zero attached hydrogens (tertiary/aromatic N) is 1. The molecule has 9 heteroatoms. The number of carbonyl (C=O) groups is 2. The second-order valence-electron chi connectivity index (χ2n) is 8.11. The molecule has 2 aromatic carbocycles. The molecule has 33 heavy (non-hydrogen) atoms. The summed E-state index contributed by atoms with van der Waals surface area (Å²) in [5.74, 6) is -0.139. The highest BCUT2D eigenvalue weighted by Crippen LogP contribution is 2.31. The maximum absolute atomic E-state index is 12.9. The summed E-state index contributed by atoms with van der Waals surface area (Å²) in [6.07, 6.45) is 0. The summed E-state index contributed by atoms with van der Waals surface area (Å²) in [5.41, 5.74) is 3.37. The SMILES string of the molecule is CC1=C(C(=O)OCC(C)C)C(c2ccc(NC(=O)Nc3ccccc3Br)cc2)NC(=S)N1C. The number of amides is 2. The highest BCUT2D eigenvalue weighted by atomic mass is 79.9. The van der Waals surface area contributed by atoms with Crippen molar-refractivity contribution < 1.29 is 14.3 Å². The van der Waals surface area contributed by atoms with E-state index in [0.29, 0.717) is 28.7 Å². The van der Waals surface area contributed by atoms with Gasteiger partial charge in [-0.3, -0.25) is 0 Å². The highest BCUT2D eigenvalue weighted by Gasteiger charge is 2.33. The smallest absolute Gasteiger partial charge is 0.338 e. The first-order chi connectivity index (χ1) is 15.7. The number of nitrogens with one attached hydrogen (secondary N) is 3. The molecule has 1 unspecified atom stereocenters. The molecule has 0 radical (unpaired) electrons. The number of halogens is 1. The summed E-state index contributed by atoms with van der Waals surface area (Å²) in [5, 5.41) is 9.35. The minimum atomic E-state index is -0.448. The van der Waals surface area contributed by atoms with Gasteiger partial charge in [-0.05, 0) is 70.8 Å². The number of anilines is 2. The Morgan fingerprint density at radius 3 is 2.45 bits per heavy atom. The van der Waals surface area contributed by atoms with E-state index in [1.165, 1.54) is 0 Å². The Hall–Kier alpha value is -2.91. The van der Waals surface area contributed by atoms with E-state index in [1.54, 1.807) is 23.1 Å². The third kappa shape index (κ3) is 6.11. The lowest BCUT2D eigenvalue weighted by Crippen LogP contribution is -2.46. The van der Waals surface area contributed by atoms with Crippen molar-refractivity contribution in [3.05, 3.63) is 69.8 Å². The van der Waals surface area contributed by atoms with Gasteiger partial charge in [0, 0.05) is 22.9 Å². The minimum absolute atomic E-state index is 0.233. The Labute approximate surface area is 207 Å². The number of ether oxygens (including phenoxy) is 1. The second-order valence-corrected chi connectivity index (χ2v) is 9.35. The van der Waals surface area contributed by atoms with Gasteiger partial charge in [-0.1, -0.05) is 38.1 Å². The molecule has 0 spiro atoms. The maximum Gasteiger partial charge on any atom is 0.338 e. The van der Waals surface area contributed by atoms with E-state index in [4.69, 9.17) is 17.0 Å². The molecule has 0 aromatic heterocycles. The van der Waals surface area contributed by atoms with Crippen molar-refractivity contribution in [2.45, 2.75) is 26.8 Å². The zero-order valence-electron chi connectivity index (χ0n) is 18.9. The Bertz CT molecular complexity index is 1090. The first-order valence-corrected chi connectivity index (χ1v) is 11.7. The molecular formula is C24H27BrN4O3S. The standard InChI is InChI=1S/C24H27BrN4O3S/c1-14(2)13-32-22(30)20-15(3)29(4)24(33)28-21(20)16-9-11-17(12-10-16)26-23(31)27-19-8-6-5-7-18(19)25/h5-12,14,21H,13H2,1-4H3,(H,28,33)(H2,26,27,31). The fourth-order valence-corrected chi connectivity index (χ4v) is 3.91. The fraction of sp³-hybridized carbons (Fsp3) is 0.292. The van der Waals surface area contributed by atoms with Crippen LogP contribution in [0.2, 0.25) is 0 Å². The molecule has 0 aliphatic carbocycles. The summed E-state index contributed by atoms with van der Waals surface area (Å²) >= 11 is 8.85. The number of carbonyl (C=O) groups excluding carboxylic acids is 2. The zero-order valence-corrected chi connectivity index (χ0v) is 21.3. The fourth-order valence-electron chi connectivity index (χ4n) is 3.28. The molecule has 1 aliphatic rings. The quantitative estimate of drug-likeness (QED) is 0.341. The maximum atomic E-state index is 12.9. The molecular weight excluding hydrogens is 504 g/mol. The van der Waals surface area contributed by atoms with E-state index in [2.05, 4.69) is 31.9 Å². The third-order valence-electron chi connectivity index (χ3n) is 5.15. The van der Waals surface area contributed by atoms with Crippen molar-refractivity contribution in [2.24, 2.45) is 5.92 Å². The van der Waals surface area contributed by atoms with Gasteiger partial charge in [0.15, 0.2) is 5.11 Å². The van der Waals surface area contributed by atoms with Gasteiger partial charge in [0.1, 0.15) is 0 Å². The molecule has 0 saturated heterocycles. The Kier molecular flexibility index (Phi) is 8.10. The largest absolute Gasteiger partial charge is 0.462 e. The molecule has 7 nitrogen and oxygen atoms in total. The van der Waals surface area contributed by atoms with Crippen molar-refractivity contribution in [1.29, 1.82) is 0 Å². The average Bonchev–Trinajstić information content (AvgIpc) is 2.77. The Morgan fingerprint density at radius 1 is 1.15 bits per heavy atom. The van der Waals surface area contributed by atoms with E-state index in [-0.39, 0.29) is 17.9 Å². The molecule has 0 fully saturated rings. The number of hydrogen-bond donors (Lipinski definition) is 3. The Balaban J connectivity index is 1.77. The van der Waals surface area contributed by atoms with Gasteiger partial charge < -0.3 is 25.6 Å². The lowest BCUT2D eigenvalue weighted by molar-refractivity contribution is -0.140. The molecule has 1 aliphatic heterocycles. The van der Waals surface area contributed by atoms with Gasteiger partial charge in [-0.15, -0.1) is 0 Å². The van der Waals surface area contributed by atoms with Crippen molar-refractivity contribution in [3.63, 3.8) is 0 Å². The van der Waals surface area contributed by atoms with Crippen molar-refractivity contribution >= 4 is 56.6 Å². The summed E-state index contributed by atoms with van der Waals surface area (Å²) in [6.45, 7) is 6.18. The van der Waals surface area contributed by atoms with Crippen LogP contribution in [0.3, 0.4) is 0 Å². The van der Waals surface area contributed by atoms with Crippen LogP contribution < -0.4 is 16.0 Å². The molecule has 3 rings (SSSR count). The second kappa shape index (κ2) is 10.8. The monoisotopic (exact) mass is 530 g/mol. The van der Waals surface area contributed by atoms with Gasteiger partial charge in [0.25, 0.3) is 0 Å². The van der Waals surface area contributed by atoms with Crippen LogP contribution in [0.4, 0.5) is 16.2 Å². The van der Waals surface area contributed by atoms with Crippen LogP contribution in [-0.4, -0.2) is 35.7 Å². The van der Waals surface area contributed by atoms with Crippen LogP contribution in [0.15, 0.2) is 64.3 Å². The van der Waals surface area contributed by atoms with Crippen LogP contribution in [0.25, 0.3) is 0 Å². The van der Waals surface area contributed by atoms with Gasteiger partial charge >= 0.3 is 12.0 Å². The number of para-hydroxylation sites is 1. The highest BCUT2D eigenvalue weighted by molar-refractivity contribution is 9.10. The van der Waals surface area contributed by atoms with Crippen LogP contribution >= 0.6 is 28.1 Å². The first-order valence-electron chi connectivity index (χ1n) is 10.5. The van der Waals surface area contributed by atoms with E-state index >= 15 is 0 Å². The lowest BCUT2D eigenvalue weighted by Gasteiger charge is -2.35. The number of rotatable bonds is 6. The van der Waals surface area contributed by atoms with Crippen molar-refractivity contribution in [3.8, 4) is 0 Å². The third-order valence-corrected chi connectivity index (χ3v) is 6.23. The first kappa shape index (κ1) is 24.7. The molecule has 1 atom stereocenters. The molecule has 3 N–H and O–H groups in total. The Morgan fingerprint density at radius 2 is 1.82 bits per heavy atom. The van der Waals surface area contributed by atoms with E-state index in [0.717, 1.165) is 15.7 Å². The van der Waals surface area contributed by atoms with E-state index in [1.807, 2.05) is 58.2 Å². The number of hydrogen-bond acceptors (Lipinski definition) is 4. The average molecular weight is 531 g/mol. The van der Waals surface area contributed by atoms with Gasteiger partial charge in [0.05, 0.1) is 23.9 Å². The predicted octanol–water partition coefficient (Wildman–Crippen LogP) is 5.43. The normalized spacial score (nSPS) is 15.9. The summed E-state index contributed by atoms with van der Waals surface area (Å²) in [6, 6.07) is 13.8. The van der Waals surface area contributed by atoms with Crippen LogP contribution in [0.1, 0.15) is 32.4 Å². The van der Waals surface area contributed by atoms with Crippen molar-refractivity contribution in [1.82, 2.24) is 10.2 Å². The molecule has 0 bridgehead atoms. The summed E-state index contributed by atoms with van der Waals surface area (Å²) in [7, 11) is 1.81. The van der Waals surface area contributed by atoms with Gasteiger partial charge in [0.2, 0.25) is 0 Å². The zero-order chi connectivity index (χ0) is 24.1. The predicted molar refractivity (Wildman–Crippen MR) is 138 cm³/mol. The molecule has 1 heterocycles. The number of esters is 1. The topological polar surface area (TPSA) is 82.7 Å². The van der Waals surface area contributed by atoms with E-state index < -0.39 is 6.04 Å².